The van der Waals surface area contributed by atoms with E-state index in [-0.39, 0.29) is 18.9 Å². The van der Waals surface area contributed by atoms with E-state index in [2.05, 4.69) is 5.10 Å². The zero-order valence-electron chi connectivity index (χ0n) is 15.8. The molecule has 6 nitrogen and oxygen atoms in total. The van der Waals surface area contributed by atoms with E-state index in [0.717, 1.165) is 10.6 Å². The molecule has 2 heterocycles. The first kappa shape index (κ1) is 23.1. The lowest BCUT2D eigenvalue weighted by Gasteiger charge is -2.13. The standard InChI is InChI=1S/C19H17Cl2N3O3S3/c1-23-17(21)13(14(22-23)10-29-12-6-4-11(20)5-7-12)9-15-18(27)24(19(28)30-15)8-2-3-16(25)26/h4-7,9H,2-3,8,10H2,1H3,(H,25,26)/b15-9+. The van der Waals surface area contributed by atoms with Gasteiger partial charge in [0, 0.05) is 41.2 Å². The van der Waals surface area contributed by atoms with Gasteiger partial charge in [-0.2, -0.15) is 5.10 Å². The van der Waals surface area contributed by atoms with Gasteiger partial charge in [0.25, 0.3) is 5.91 Å². The van der Waals surface area contributed by atoms with Crippen LogP contribution in [-0.4, -0.2) is 42.5 Å². The van der Waals surface area contributed by atoms with Crippen LogP contribution in [0.25, 0.3) is 6.08 Å². The maximum Gasteiger partial charge on any atom is 0.303 e. The van der Waals surface area contributed by atoms with Crippen molar-refractivity contribution in [3.63, 3.8) is 0 Å². The first-order valence-electron chi connectivity index (χ1n) is 8.83. The highest BCUT2D eigenvalue weighted by Gasteiger charge is 2.32. The molecule has 0 spiro atoms. The fourth-order valence-corrected chi connectivity index (χ4v) is 5.18. The van der Waals surface area contributed by atoms with Crippen molar-refractivity contribution in [2.75, 3.05) is 6.54 Å². The molecule has 0 unspecified atom stereocenters. The van der Waals surface area contributed by atoms with Crippen LogP contribution in [0.1, 0.15) is 24.1 Å². The number of aliphatic carboxylic acids is 1. The Morgan fingerprint density at radius 2 is 2.03 bits per heavy atom. The van der Waals surface area contributed by atoms with E-state index >= 15 is 0 Å². The summed E-state index contributed by atoms with van der Waals surface area (Å²) in [5, 5.41) is 14.4. The minimum absolute atomic E-state index is 0.0173. The number of nitrogens with zero attached hydrogens (tertiary/aromatic N) is 3. The minimum Gasteiger partial charge on any atom is -0.481 e. The molecule has 158 valence electrons. The highest BCUT2D eigenvalue weighted by molar-refractivity contribution is 8.26. The Balaban J connectivity index is 1.77. The van der Waals surface area contributed by atoms with Crippen LogP contribution in [0.2, 0.25) is 10.2 Å². The van der Waals surface area contributed by atoms with Gasteiger partial charge in [-0.05, 0) is 36.8 Å². The number of carbonyl (C=O) groups excluding carboxylic acids is 1. The average molecular weight is 502 g/mol. The third-order valence-corrected chi connectivity index (χ3v) is 7.30. The number of carboxylic acid groups (broad SMARTS) is 1. The summed E-state index contributed by atoms with van der Waals surface area (Å²) in [6.07, 6.45) is 2.03. The van der Waals surface area contributed by atoms with E-state index in [1.165, 1.54) is 16.7 Å². The number of amides is 1. The van der Waals surface area contributed by atoms with E-state index in [4.69, 9.17) is 40.5 Å². The predicted molar refractivity (Wildman–Crippen MR) is 126 cm³/mol. The second-order valence-corrected chi connectivity index (χ2v) is 9.87. The quantitative estimate of drug-likeness (QED) is 0.306. The number of aryl methyl sites for hydroxylation is 1. The number of carbonyl (C=O) groups is 2. The summed E-state index contributed by atoms with van der Waals surface area (Å²) in [6.45, 7) is 0.272. The van der Waals surface area contributed by atoms with Gasteiger partial charge in [-0.3, -0.25) is 19.2 Å². The molecule has 0 bridgehead atoms. The molecular weight excluding hydrogens is 485 g/mol. The molecule has 0 atom stereocenters. The number of carboxylic acids is 1. The van der Waals surface area contributed by atoms with Crippen LogP contribution >= 0.6 is 58.9 Å². The third kappa shape index (κ3) is 5.59. The molecule has 1 fully saturated rings. The molecule has 0 saturated carbocycles. The Bertz CT molecular complexity index is 1020. The number of aromatic nitrogens is 2. The lowest BCUT2D eigenvalue weighted by Crippen LogP contribution is -2.29. The van der Waals surface area contributed by atoms with Crippen molar-refractivity contribution >= 4 is 81.2 Å². The minimum atomic E-state index is -0.902. The van der Waals surface area contributed by atoms with Crippen LogP contribution < -0.4 is 0 Å². The first-order chi connectivity index (χ1) is 14.3. The number of halogens is 2. The summed E-state index contributed by atoms with van der Waals surface area (Å²) in [4.78, 5) is 26.4. The second-order valence-electron chi connectivity index (χ2n) is 6.35. The normalized spacial score (nSPS) is 15.4. The van der Waals surface area contributed by atoms with E-state index in [1.54, 1.807) is 29.6 Å². The Morgan fingerprint density at radius 3 is 2.70 bits per heavy atom. The van der Waals surface area contributed by atoms with E-state index in [1.807, 2.05) is 24.3 Å². The SMILES string of the molecule is Cn1nc(CSc2ccc(Cl)cc2)c(/C=C2/SC(=S)N(CCCC(=O)O)C2=O)c1Cl. The van der Waals surface area contributed by atoms with Crippen molar-refractivity contribution in [3.05, 3.63) is 50.6 Å². The van der Waals surface area contributed by atoms with Gasteiger partial charge >= 0.3 is 5.97 Å². The maximum absolute atomic E-state index is 12.8. The van der Waals surface area contributed by atoms with E-state index in [9.17, 15) is 9.59 Å². The van der Waals surface area contributed by atoms with Crippen LogP contribution in [0, 0.1) is 0 Å². The Labute approximate surface area is 197 Å². The van der Waals surface area contributed by atoms with Crippen LogP contribution in [0.4, 0.5) is 0 Å². The van der Waals surface area contributed by atoms with Gasteiger partial charge in [0.1, 0.15) is 9.47 Å². The van der Waals surface area contributed by atoms with Crippen LogP contribution in [0.15, 0.2) is 34.1 Å². The number of thiocarbonyl (C=S) groups is 1. The highest BCUT2D eigenvalue weighted by Crippen LogP contribution is 2.36. The molecule has 1 N–H and O–H groups in total. The first-order valence-corrected chi connectivity index (χ1v) is 11.8. The summed E-state index contributed by atoms with van der Waals surface area (Å²) in [5.41, 5.74) is 1.42. The summed E-state index contributed by atoms with van der Waals surface area (Å²) in [6, 6.07) is 7.51. The summed E-state index contributed by atoms with van der Waals surface area (Å²) < 4.78 is 1.98. The summed E-state index contributed by atoms with van der Waals surface area (Å²) >= 11 is 20.4. The molecule has 1 saturated heterocycles. The molecular formula is C19H17Cl2N3O3S3. The molecule has 1 aromatic carbocycles. The second kappa shape index (κ2) is 10.2. The molecule has 2 aromatic rings. The Kier molecular flexibility index (Phi) is 7.86. The molecule has 1 amide bonds. The van der Waals surface area contributed by atoms with Crippen molar-refractivity contribution in [1.29, 1.82) is 0 Å². The van der Waals surface area contributed by atoms with Crippen molar-refractivity contribution in [3.8, 4) is 0 Å². The van der Waals surface area contributed by atoms with E-state index in [0.29, 0.717) is 37.1 Å². The number of hydrogen-bond acceptors (Lipinski definition) is 6. The lowest BCUT2D eigenvalue weighted by molar-refractivity contribution is -0.137. The lowest BCUT2D eigenvalue weighted by atomic mass is 10.2. The summed E-state index contributed by atoms with van der Waals surface area (Å²) in [5.74, 6) is -0.583. The molecule has 1 aliphatic heterocycles. The molecule has 1 aliphatic rings. The van der Waals surface area contributed by atoms with Gasteiger partial charge in [0.15, 0.2) is 0 Å². The van der Waals surface area contributed by atoms with Crippen LogP contribution in [-0.2, 0) is 22.4 Å². The van der Waals surface area contributed by atoms with Gasteiger partial charge in [-0.15, -0.1) is 11.8 Å². The van der Waals surface area contributed by atoms with E-state index < -0.39 is 5.97 Å². The monoisotopic (exact) mass is 501 g/mol. The van der Waals surface area contributed by atoms with Crippen molar-refractivity contribution < 1.29 is 14.7 Å². The third-order valence-electron chi connectivity index (χ3n) is 4.20. The number of rotatable bonds is 8. The average Bonchev–Trinajstić information content (AvgIpc) is 3.12. The van der Waals surface area contributed by atoms with Gasteiger partial charge in [-0.25, -0.2) is 0 Å². The number of thioether (sulfide) groups is 2. The molecule has 30 heavy (non-hydrogen) atoms. The fraction of sp³-hybridized carbons (Fsp3) is 0.263. The van der Waals surface area contributed by atoms with Crippen molar-refractivity contribution in [1.82, 2.24) is 14.7 Å². The number of benzene rings is 1. The molecule has 3 rings (SSSR count). The molecule has 0 radical (unpaired) electrons. The zero-order valence-corrected chi connectivity index (χ0v) is 19.8. The summed E-state index contributed by atoms with van der Waals surface area (Å²) in [7, 11) is 1.74. The van der Waals surface area contributed by atoms with Crippen molar-refractivity contribution in [2.24, 2.45) is 7.05 Å². The molecule has 0 aliphatic carbocycles. The van der Waals surface area contributed by atoms with Gasteiger partial charge in [0.2, 0.25) is 0 Å². The number of hydrogen-bond donors (Lipinski definition) is 1. The van der Waals surface area contributed by atoms with Crippen molar-refractivity contribution in [2.45, 2.75) is 23.5 Å². The largest absolute Gasteiger partial charge is 0.481 e. The van der Waals surface area contributed by atoms with Gasteiger partial charge in [0.05, 0.1) is 10.6 Å². The predicted octanol–water partition coefficient (Wildman–Crippen LogP) is 5.09. The maximum atomic E-state index is 12.8. The topological polar surface area (TPSA) is 75.4 Å². The smallest absolute Gasteiger partial charge is 0.303 e. The van der Waals surface area contributed by atoms with Crippen LogP contribution in [0.5, 0.6) is 0 Å². The fourth-order valence-electron chi connectivity index (χ4n) is 2.72. The molecule has 11 heteroatoms. The zero-order chi connectivity index (χ0) is 21.8. The van der Waals surface area contributed by atoms with Gasteiger partial charge in [-0.1, -0.05) is 47.2 Å². The molecule has 1 aromatic heterocycles. The Morgan fingerprint density at radius 1 is 1.33 bits per heavy atom. The van der Waals surface area contributed by atoms with Crippen LogP contribution in [0.3, 0.4) is 0 Å². The van der Waals surface area contributed by atoms with Gasteiger partial charge < -0.3 is 5.11 Å². The Hall–Kier alpha value is -1.52. The highest BCUT2D eigenvalue weighted by atomic mass is 35.5.